The molecule has 0 bridgehead atoms. The van der Waals surface area contributed by atoms with Crippen molar-refractivity contribution in [2.45, 2.75) is 25.4 Å². The first kappa shape index (κ1) is 16.8. The Hall–Kier alpha value is -2.67. The largest absolute Gasteiger partial charge is 0.472 e. The van der Waals surface area contributed by atoms with E-state index < -0.39 is 0 Å². The number of furan rings is 1. The predicted octanol–water partition coefficient (Wildman–Crippen LogP) is 1.51. The Balaban J connectivity index is 1.59. The number of carbonyl (C=O) groups excluding carboxylic acids is 2. The van der Waals surface area contributed by atoms with E-state index in [9.17, 15) is 9.59 Å². The van der Waals surface area contributed by atoms with Gasteiger partial charge < -0.3 is 14.2 Å². The van der Waals surface area contributed by atoms with Crippen molar-refractivity contribution in [2.75, 3.05) is 31.1 Å². The third-order valence-corrected chi connectivity index (χ3v) is 5.35. The molecule has 2 saturated heterocycles. The molecule has 2 fully saturated rings. The fourth-order valence-corrected chi connectivity index (χ4v) is 4.12. The smallest absolute Gasteiger partial charge is 0.246 e. The number of rotatable bonds is 3. The highest BCUT2D eigenvalue weighted by molar-refractivity contribution is 5.98. The van der Waals surface area contributed by atoms with Crippen molar-refractivity contribution < 1.29 is 14.0 Å². The number of amides is 2. The van der Waals surface area contributed by atoms with Crippen molar-refractivity contribution in [3.63, 3.8) is 0 Å². The lowest BCUT2D eigenvalue weighted by molar-refractivity contribution is -0.142. The molecular weight excluding hydrogens is 332 g/mol. The average Bonchev–Trinajstić information content (AvgIpc) is 3.28. The van der Waals surface area contributed by atoms with Gasteiger partial charge >= 0.3 is 0 Å². The van der Waals surface area contributed by atoms with Gasteiger partial charge in [0.05, 0.1) is 36.5 Å². The molecule has 0 radical (unpaired) electrons. The van der Waals surface area contributed by atoms with Crippen LogP contribution in [0.25, 0.3) is 0 Å². The molecule has 7 heteroatoms. The van der Waals surface area contributed by atoms with Crippen LogP contribution in [-0.2, 0) is 16.1 Å². The molecule has 2 aliphatic heterocycles. The summed E-state index contributed by atoms with van der Waals surface area (Å²) in [7, 11) is 0. The van der Waals surface area contributed by atoms with Crippen molar-refractivity contribution in [3.05, 3.63) is 48.7 Å². The fourth-order valence-electron chi connectivity index (χ4n) is 4.12. The van der Waals surface area contributed by atoms with Crippen molar-refractivity contribution in [1.82, 2.24) is 14.8 Å². The Bertz CT molecular complexity index is 792. The minimum atomic E-state index is -0.362. The summed E-state index contributed by atoms with van der Waals surface area (Å²) in [6, 6.07) is 5.67. The average molecular weight is 354 g/mol. The molecule has 2 aromatic rings. The summed E-state index contributed by atoms with van der Waals surface area (Å²) in [5.74, 6) is -0.110. The van der Waals surface area contributed by atoms with E-state index in [0.717, 1.165) is 37.3 Å². The second kappa shape index (κ2) is 6.57. The molecule has 7 nitrogen and oxygen atoms in total. The summed E-state index contributed by atoms with van der Waals surface area (Å²) in [5.41, 5.74) is 1.54. The van der Waals surface area contributed by atoms with Gasteiger partial charge in [0.25, 0.3) is 0 Å². The summed E-state index contributed by atoms with van der Waals surface area (Å²) in [5, 5.41) is 0. The quantitative estimate of drug-likeness (QED) is 0.836. The van der Waals surface area contributed by atoms with E-state index in [1.54, 1.807) is 41.6 Å². The number of hydrogen-bond acceptors (Lipinski definition) is 5. The number of carbonyl (C=O) groups is 2. The van der Waals surface area contributed by atoms with Gasteiger partial charge in [-0.25, -0.2) is 0 Å². The van der Waals surface area contributed by atoms with Crippen molar-refractivity contribution in [1.29, 1.82) is 0 Å². The maximum atomic E-state index is 12.7. The second-order valence-electron chi connectivity index (χ2n) is 7.11. The molecule has 1 spiro atoms. The Morgan fingerprint density at radius 2 is 2.23 bits per heavy atom. The normalized spacial score (nSPS) is 23.8. The molecule has 0 aromatic carbocycles. The first-order valence-electron chi connectivity index (χ1n) is 8.79. The summed E-state index contributed by atoms with van der Waals surface area (Å²) in [6.45, 7) is 4.56. The zero-order valence-electron chi connectivity index (χ0n) is 14.8. The van der Waals surface area contributed by atoms with Gasteiger partial charge in [-0.05, 0) is 24.6 Å². The summed E-state index contributed by atoms with van der Waals surface area (Å²) >= 11 is 0. The summed E-state index contributed by atoms with van der Waals surface area (Å²) in [4.78, 5) is 34.9. The van der Waals surface area contributed by atoms with Crippen LogP contribution in [0, 0.1) is 0 Å². The van der Waals surface area contributed by atoms with Crippen molar-refractivity contribution in [3.8, 4) is 0 Å². The Kier molecular flexibility index (Phi) is 4.24. The minimum absolute atomic E-state index is 0.0469. The van der Waals surface area contributed by atoms with Gasteiger partial charge in [-0.1, -0.05) is 0 Å². The molecule has 4 heterocycles. The van der Waals surface area contributed by atoms with Crippen LogP contribution in [0.5, 0.6) is 0 Å². The van der Waals surface area contributed by atoms with Gasteiger partial charge in [0, 0.05) is 38.3 Å². The number of pyridine rings is 1. The molecule has 2 amide bonds. The number of anilines is 1. The van der Waals surface area contributed by atoms with Crippen LogP contribution in [0.2, 0.25) is 0 Å². The molecule has 4 rings (SSSR count). The standard InChI is InChI=1S/C19H22N4O3/c1-15(24)23-11-18(25)22(17-3-2-6-20-9-17)14-19(23)5-7-21(13-19)10-16-4-8-26-12-16/h2-4,6,8-9,12H,5,7,10-11,13-14H2,1H3/t19-/m1/s1. The Morgan fingerprint density at radius 3 is 2.92 bits per heavy atom. The second-order valence-corrected chi connectivity index (χ2v) is 7.11. The third kappa shape index (κ3) is 2.99. The highest BCUT2D eigenvalue weighted by Crippen LogP contribution is 2.35. The monoisotopic (exact) mass is 354 g/mol. The number of likely N-dealkylation sites (tertiary alicyclic amines) is 1. The zero-order valence-corrected chi connectivity index (χ0v) is 14.8. The molecular formula is C19H22N4O3. The summed E-state index contributed by atoms with van der Waals surface area (Å²) < 4.78 is 5.16. The van der Waals surface area contributed by atoms with E-state index in [1.807, 2.05) is 18.2 Å². The molecule has 0 N–H and O–H groups in total. The number of hydrogen-bond donors (Lipinski definition) is 0. The molecule has 0 aliphatic carbocycles. The van der Waals surface area contributed by atoms with Gasteiger partial charge in [0.1, 0.15) is 6.54 Å². The molecule has 0 unspecified atom stereocenters. The van der Waals surface area contributed by atoms with Crippen LogP contribution >= 0.6 is 0 Å². The lowest BCUT2D eigenvalue weighted by Gasteiger charge is -2.48. The van der Waals surface area contributed by atoms with Gasteiger partial charge in [-0.2, -0.15) is 0 Å². The maximum Gasteiger partial charge on any atom is 0.246 e. The number of aromatic nitrogens is 1. The molecule has 2 aromatic heterocycles. The highest BCUT2D eigenvalue weighted by atomic mass is 16.3. The SMILES string of the molecule is CC(=O)N1CC(=O)N(c2cccnc2)C[C@]12CCN(Cc1ccoc1)C2. The van der Waals surface area contributed by atoms with E-state index in [1.165, 1.54) is 0 Å². The highest BCUT2D eigenvalue weighted by Gasteiger charge is 2.50. The van der Waals surface area contributed by atoms with Gasteiger partial charge in [-0.3, -0.25) is 19.5 Å². The molecule has 2 aliphatic rings. The summed E-state index contributed by atoms with van der Waals surface area (Å²) in [6.07, 6.45) is 7.66. The van der Waals surface area contributed by atoms with Gasteiger partial charge in [-0.15, -0.1) is 0 Å². The zero-order chi connectivity index (χ0) is 18.1. The maximum absolute atomic E-state index is 12.7. The van der Waals surface area contributed by atoms with E-state index in [2.05, 4.69) is 9.88 Å². The predicted molar refractivity (Wildman–Crippen MR) is 95.3 cm³/mol. The van der Waals surface area contributed by atoms with Crippen molar-refractivity contribution in [2.24, 2.45) is 0 Å². The van der Waals surface area contributed by atoms with Crippen LogP contribution in [-0.4, -0.2) is 58.3 Å². The molecule has 26 heavy (non-hydrogen) atoms. The Labute approximate surface area is 152 Å². The van der Waals surface area contributed by atoms with Gasteiger partial charge in [0.15, 0.2) is 0 Å². The van der Waals surface area contributed by atoms with Crippen LogP contribution in [0.3, 0.4) is 0 Å². The van der Waals surface area contributed by atoms with Crippen LogP contribution in [0.1, 0.15) is 18.9 Å². The van der Waals surface area contributed by atoms with E-state index in [0.29, 0.717) is 6.54 Å². The van der Waals surface area contributed by atoms with Crippen molar-refractivity contribution >= 4 is 17.5 Å². The van der Waals surface area contributed by atoms with E-state index in [-0.39, 0.29) is 23.9 Å². The third-order valence-electron chi connectivity index (χ3n) is 5.35. The van der Waals surface area contributed by atoms with Gasteiger partial charge in [0.2, 0.25) is 11.8 Å². The fraction of sp³-hybridized carbons (Fsp3) is 0.421. The topological polar surface area (TPSA) is 69.9 Å². The first-order valence-corrected chi connectivity index (χ1v) is 8.79. The number of nitrogens with zero attached hydrogens (tertiary/aromatic N) is 4. The van der Waals surface area contributed by atoms with Crippen LogP contribution in [0.4, 0.5) is 5.69 Å². The van der Waals surface area contributed by atoms with E-state index in [4.69, 9.17) is 4.42 Å². The molecule has 0 saturated carbocycles. The Morgan fingerprint density at radius 1 is 1.35 bits per heavy atom. The number of piperazine rings is 1. The minimum Gasteiger partial charge on any atom is -0.472 e. The molecule has 136 valence electrons. The lowest BCUT2D eigenvalue weighted by atomic mass is 9.92. The first-order chi connectivity index (χ1) is 12.6. The van der Waals surface area contributed by atoms with Crippen LogP contribution in [0.15, 0.2) is 47.5 Å². The molecule has 1 atom stereocenters. The lowest BCUT2D eigenvalue weighted by Crippen LogP contribution is -2.66. The van der Waals surface area contributed by atoms with Crippen LogP contribution < -0.4 is 4.90 Å². The van der Waals surface area contributed by atoms with E-state index >= 15 is 0 Å².